The summed E-state index contributed by atoms with van der Waals surface area (Å²) in [6, 6.07) is 7.76. The van der Waals surface area contributed by atoms with Gasteiger partial charge < -0.3 is 4.57 Å². The van der Waals surface area contributed by atoms with Gasteiger partial charge in [0.25, 0.3) is 0 Å². The molecule has 0 N–H and O–H groups in total. The molecule has 0 aliphatic rings. The Labute approximate surface area is 115 Å². The van der Waals surface area contributed by atoms with Crippen molar-refractivity contribution in [3.8, 4) is 0 Å². The zero-order valence-corrected chi connectivity index (χ0v) is 11.9. The van der Waals surface area contributed by atoms with Gasteiger partial charge in [0.1, 0.15) is 10.9 Å². The molecule has 5 heteroatoms. The zero-order valence-electron chi connectivity index (χ0n) is 9.58. The van der Waals surface area contributed by atoms with Gasteiger partial charge in [-0.1, -0.05) is 29.4 Å². The Morgan fingerprint density at radius 3 is 2.82 bits per heavy atom. The highest BCUT2D eigenvalue weighted by molar-refractivity contribution is 7.99. The van der Waals surface area contributed by atoms with Crippen LogP contribution >= 0.6 is 35.0 Å². The SMILES string of the molecule is Cc1nc(CCl)c(Sc2cccc(Cl)c2)n1C. The van der Waals surface area contributed by atoms with E-state index < -0.39 is 0 Å². The highest BCUT2D eigenvalue weighted by Crippen LogP contribution is 2.32. The van der Waals surface area contributed by atoms with Gasteiger partial charge in [0, 0.05) is 17.0 Å². The van der Waals surface area contributed by atoms with Gasteiger partial charge in [-0.05, 0) is 25.1 Å². The minimum Gasteiger partial charge on any atom is -0.326 e. The lowest BCUT2D eigenvalue weighted by molar-refractivity contribution is 0.781. The Morgan fingerprint density at radius 1 is 1.41 bits per heavy atom. The first-order valence-corrected chi connectivity index (χ1v) is 6.86. The Hall–Kier alpha value is -0.640. The highest BCUT2D eigenvalue weighted by Gasteiger charge is 2.12. The normalized spacial score (nSPS) is 10.8. The molecule has 0 fully saturated rings. The van der Waals surface area contributed by atoms with Crippen molar-refractivity contribution in [2.24, 2.45) is 7.05 Å². The zero-order chi connectivity index (χ0) is 12.4. The van der Waals surface area contributed by atoms with Crippen LogP contribution in [-0.2, 0) is 12.9 Å². The third kappa shape index (κ3) is 2.79. The third-order valence-corrected chi connectivity index (χ3v) is 4.15. The first-order chi connectivity index (χ1) is 8.11. The van der Waals surface area contributed by atoms with Crippen molar-refractivity contribution >= 4 is 35.0 Å². The second-order valence-corrected chi connectivity index (χ2v) is 5.43. The molecule has 0 saturated heterocycles. The van der Waals surface area contributed by atoms with E-state index in [1.807, 2.05) is 42.8 Å². The van der Waals surface area contributed by atoms with E-state index in [4.69, 9.17) is 23.2 Å². The summed E-state index contributed by atoms with van der Waals surface area (Å²) in [4.78, 5) is 5.51. The molecular formula is C12H12Cl2N2S. The van der Waals surface area contributed by atoms with Crippen LogP contribution in [-0.4, -0.2) is 9.55 Å². The predicted molar refractivity (Wildman–Crippen MR) is 73.1 cm³/mol. The van der Waals surface area contributed by atoms with Gasteiger partial charge in [-0.25, -0.2) is 4.98 Å². The average molecular weight is 287 g/mol. The van der Waals surface area contributed by atoms with Crippen LogP contribution in [0.15, 0.2) is 34.2 Å². The molecule has 0 aliphatic heterocycles. The summed E-state index contributed by atoms with van der Waals surface area (Å²) in [5.41, 5.74) is 0.914. The first-order valence-electron chi connectivity index (χ1n) is 5.13. The van der Waals surface area contributed by atoms with E-state index >= 15 is 0 Å². The van der Waals surface area contributed by atoms with Crippen molar-refractivity contribution in [1.29, 1.82) is 0 Å². The Kier molecular flexibility index (Phi) is 4.02. The lowest BCUT2D eigenvalue weighted by atomic mass is 10.4. The van der Waals surface area contributed by atoms with Crippen LogP contribution < -0.4 is 0 Å². The summed E-state index contributed by atoms with van der Waals surface area (Å²) >= 11 is 13.5. The lowest BCUT2D eigenvalue weighted by Crippen LogP contribution is -1.93. The van der Waals surface area contributed by atoms with Crippen molar-refractivity contribution in [3.05, 3.63) is 40.8 Å². The van der Waals surface area contributed by atoms with Crippen LogP contribution in [0.2, 0.25) is 5.02 Å². The van der Waals surface area contributed by atoms with Gasteiger partial charge in [-0.3, -0.25) is 0 Å². The fourth-order valence-electron chi connectivity index (χ4n) is 1.52. The summed E-state index contributed by atoms with van der Waals surface area (Å²) in [7, 11) is 1.99. The van der Waals surface area contributed by atoms with Crippen LogP contribution in [0.3, 0.4) is 0 Å². The van der Waals surface area contributed by atoms with E-state index in [0.29, 0.717) is 5.88 Å². The van der Waals surface area contributed by atoms with Crippen LogP contribution in [0.5, 0.6) is 0 Å². The average Bonchev–Trinajstić information content (AvgIpc) is 2.57. The number of nitrogens with zero attached hydrogens (tertiary/aromatic N) is 2. The number of aryl methyl sites for hydroxylation is 1. The quantitative estimate of drug-likeness (QED) is 0.784. The Bertz CT molecular complexity index is 537. The molecule has 1 aromatic carbocycles. The fraction of sp³-hybridized carbons (Fsp3) is 0.250. The lowest BCUT2D eigenvalue weighted by Gasteiger charge is -2.05. The first kappa shape index (κ1) is 12.8. The molecular weight excluding hydrogens is 275 g/mol. The molecule has 0 amide bonds. The van der Waals surface area contributed by atoms with Gasteiger partial charge in [0.15, 0.2) is 0 Å². The van der Waals surface area contributed by atoms with Crippen LogP contribution in [0.4, 0.5) is 0 Å². The second kappa shape index (κ2) is 5.34. The fourth-order valence-corrected chi connectivity index (χ4v) is 3.10. The maximum atomic E-state index is 5.97. The summed E-state index contributed by atoms with van der Waals surface area (Å²) in [5.74, 6) is 1.38. The topological polar surface area (TPSA) is 17.8 Å². The van der Waals surface area contributed by atoms with E-state index in [1.165, 1.54) is 0 Å². The van der Waals surface area contributed by atoms with Crippen molar-refractivity contribution in [2.75, 3.05) is 0 Å². The molecule has 90 valence electrons. The van der Waals surface area contributed by atoms with Gasteiger partial charge in [-0.2, -0.15) is 0 Å². The number of aromatic nitrogens is 2. The van der Waals surface area contributed by atoms with Gasteiger partial charge in [0.05, 0.1) is 11.6 Å². The molecule has 2 rings (SSSR count). The van der Waals surface area contributed by atoms with Crippen molar-refractivity contribution in [3.63, 3.8) is 0 Å². The van der Waals surface area contributed by atoms with E-state index in [1.54, 1.807) is 11.8 Å². The van der Waals surface area contributed by atoms with Crippen molar-refractivity contribution in [2.45, 2.75) is 22.7 Å². The maximum absolute atomic E-state index is 5.97. The standard InChI is InChI=1S/C12H12Cl2N2S/c1-8-15-11(7-13)12(16(8)2)17-10-5-3-4-9(14)6-10/h3-6H,7H2,1-2H3. The van der Waals surface area contributed by atoms with E-state index in [2.05, 4.69) is 4.98 Å². The molecule has 0 aliphatic carbocycles. The van der Waals surface area contributed by atoms with E-state index in [-0.39, 0.29) is 0 Å². The minimum atomic E-state index is 0.421. The van der Waals surface area contributed by atoms with E-state index in [9.17, 15) is 0 Å². The molecule has 0 bridgehead atoms. The molecule has 2 nitrogen and oxygen atoms in total. The molecule has 0 unspecified atom stereocenters. The number of rotatable bonds is 3. The van der Waals surface area contributed by atoms with Gasteiger partial charge >= 0.3 is 0 Å². The van der Waals surface area contributed by atoms with E-state index in [0.717, 1.165) is 26.5 Å². The number of hydrogen-bond donors (Lipinski definition) is 0. The minimum absolute atomic E-state index is 0.421. The largest absolute Gasteiger partial charge is 0.326 e. The molecule has 0 atom stereocenters. The number of alkyl halides is 1. The maximum Gasteiger partial charge on any atom is 0.106 e. The van der Waals surface area contributed by atoms with Crippen molar-refractivity contribution in [1.82, 2.24) is 9.55 Å². The smallest absolute Gasteiger partial charge is 0.106 e. The molecule has 0 saturated carbocycles. The number of imidazole rings is 1. The molecule has 1 heterocycles. The van der Waals surface area contributed by atoms with Crippen LogP contribution in [0.1, 0.15) is 11.5 Å². The van der Waals surface area contributed by atoms with Crippen LogP contribution in [0, 0.1) is 6.92 Å². The monoisotopic (exact) mass is 286 g/mol. The Balaban J connectivity index is 2.35. The predicted octanol–water partition coefficient (Wildman–Crippen LogP) is 4.27. The second-order valence-electron chi connectivity index (χ2n) is 3.66. The van der Waals surface area contributed by atoms with Gasteiger partial charge in [-0.15, -0.1) is 11.6 Å². The van der Waals surface area contributed by atoms with Crippen molar-refractivity contribution < 1.29 is 0 Å². The van der Waals surface area contributed by atoms with Gasteiger partial charge in [0.2, 0.25) is 0 Å². The third-order valence-electron chi connectivity index (χ3n) is 2.47. The molecule has 1 aromatic heterocycles. The molecule has 17 heavy (non-hydrogen) atoms. The number of benzene rings is 1. The summed E-state index contributed by atoms with van der Waals surface area (Å²) < 4.78 is 2.04. The molecule has 2 aromatic rings. The molecule has 0 radical (unpaired) electrons. The number of hydrogen-bond acceptors (Lipinski definition) is 2. The summed E-state index contributed by atoms with van der Waals surface area (Å²) in [6.45, 7) is 1.97. The van der Waals surface area contributed by atoms with Crippen LogP contribution in [0.25, 0.3) is 0 Å². The number of halogens is 2. The summed E-state index contributed by atoms with van der Waals surface area (Å²) in [5, 5.41) is 1.81. The molecule has 0 spiro atoms. The summed E-state index contributed by atoms with van der Waals surface area (Å²) in [6.07, 6.45) is 0. The highest BCUT2D eigenvalue weighted by atomic mass is 35.5. The Morgan fingerprint density at radius 2 is 2.18 bits per heavy atom.